The van der Waals surface area contributed by atoms with Crippen molar-refractivity contribution in [3.63, 3.8) is 0 Å². The van der Waals surface area contributed by atoms with Crippen LogP contribution >= 0.6 is 0 Å². The molecule has 2 atom stereocenters. The van der Waals surface area contributed by atoms with Gasteiger partial charge in [0.25, 0.3) is 0 Å². The van der Waals surface area contributed by atoms with Gasteiger partial charge in [0, 0.05) is 0 Å². The van der Waals surface area contributed by atoms with Crippen LogP contribution in [0.4, 0.5) is 0 Å². The summed E-state index contributed by atoms with van der Waals surface area (Å²) < 4.78 is 47.5. The van der Waals surface area contributed by atoms with Crippen LogP contribution in [0.25, 0.3) is 0 Å². The zero-order chi connectivity index (χ0) is 9.40. The van der Waals surface area contributed by atoms with E-state index in [1.807, 2.05) is 0 Å². The van der Waals surface area contributed by atoms with E-state index in [-0.39, 0.29) is 13.2 Å². The van der Waals surface area contributed by atoms with Crippen LogP contribution in [0.3, 0.4) is 0 Å². The van der Waals surface area contributed by atoms with Gasteiger partial charge in [-0.15, -0.1) is 0 Å². The van der Waals surface area contributed by atoms with Gasteiger partial charge >= 0.3 is 0 Å². The molecule has 0 saturated heterocycles. The molecule has 74 valence electrons. The zero-order valence-corrected chi connectivity index (χ0v) is 7.73. The molecule has 0 aliphatic heterocycles. The van der Waals surface area contributed by atoms with E-state index in [2.05, 4.69) is 8.37 Å². The van der Waals surface area contributed by atoms with Gasteiger partial charge in [0.05, 0.1) is 35.9 Å². The average Bonchev–Trinajstić information content (AvgIpc) is 1.95. The molecular weight excluding hydrogens is 208 g/mol. The molecule has 0 fully saturated rings. The van der Waals surface area contributed by atoms with Gasteiger partial charge in [0.15, 0.2) is 0 Å². The minimum Gasteiger partial charge on any atom is -0.750 e. The summed E-state index contributed by atoms with van der Waals surface area (Å²) in [6, 6.07) is 0. The molecule has 0 aromatic heterocycles. The van der Waals surface area contributed by atoms with Gasteiger partial charge in [-0.2, -0.15) is 0 Å². The van der Waals surface area contributed by atoms with Crippen molar-refractivity contribution >= 4 is 22.7 Å². The van der Waals surface area contributed by atoms with E-state index in [9.17, 15) is 17.5 Å². The van der Waals surface area contributed by atoms with E-state index in [1.54, 1.807) is 0 Å². The van der Waals surface area contributed by atoms with Crippen molar-refractivity contribution in [1.82, 2.24) is 0 Å². The standard InChI is InChI=1S/C4H10O6S2/c5-11(6)9-3-1-2-4-10-12(7)8/h1-4H2,(H,5,6)(H,7,8)/p-2. The average molecular weight is 216 g/mol. The van der Waals surface area contributed by atoms with E-state index >= 15 is 0 Å². The highest BCUT2D eigenvalue weighted by molar-refractivity contribution is 7.74. The summed E-state index contributed by atoms with van der Waals surface area (Å²) in [4.78, 5) is 0. The van der Waals surface area contributed by atoms with Gasteiger partial charge < -0.3 is 17.5 Å². The van der Waals surface area contributed by atoms with Gasteiger partial charge in [-0.1, -0.05) is 0 Å². The maximum atomic E-state index is 9.79. The summed E-state index contributed by atoms with van der Waals surface area (Å²) in [6.07, 6.45) is 0.871. The predicted molar refractivity (Wildman–Crippen MR) is 39.0 cm³/mol. The van der Waals surface area contributed by atoms with Crippen LogP contribution < -0.4 is 0 Å². The van der Waals surface area contributed by atoms with Gasteiger partial charge in [-0.25, -0.2) is 8.42 Å². The molecule has 2 unspecified atom stereocenters. The smallest absolute Gasteiger partial charge is 0.0842 e. The minimum absolute atomic E-state index is 0.0466. The second-order valence-corrected chi connectivity index (χ2v) is 3.05. The third-order valence-electron chi connectivity index (χ3n) is 0.898. The number of unbranched alkanes of at least 4 members (excludes halogenated alkanes) is 1. The van der Waals surface area contributed by atoms with Crippen molar-refractivity contribution in [1.29, 1.82) is 0 Å². The lowest BCUT2D eigenvalue weighted by atomic mass is 10.3. The molecule has 0 aliphatic rings. The minimum atomic E-state index is -2.49. The van der Waals surface area contributed by atoms with Crippen LogP contribution in [0.2, 0.25) is 0 Å². The Morgan fingerprint density at radius 3 is 1.50 bits per heavy atom. The topological polar surface area (TPSA) is 98.7 Å². The molecule has 0 aromatic carbocycles. The molecule has 8 heteroatoms. The van der Waals surface area contributed by atoms with E-state index in [4.69, 9.17) is 0 Å². The molecule has 0 rings (SSSR count). The van der Waals surface area contributed by atoms with Crippen molar-refractivity contribution in [3.8, 4) is 0 Å². The zero-order valence-electron chi connectivity index (χ0n) is 6.09. The Morgan fingerprint density at radius 1 is 0.917 bits per heavy atom. The van der Waals surface area contributed by atoms with Gasteiger partial charge in [-0.3, -0.25) is 0 Å². The first-order chi connectivity index (χ1) is 5.63. The molecule has 0 aromatic rings. The van der Waals surface area contributed by atoms with Crippen molar-refractivity contribution in [3.05, 3.63) is 0 Å². The Morgan fingerprint density at radius 2 is 1.25 bits per heavy atom. The Bertz CT molecular complexity index is 142. The number of hydrogen-bond acceptors (Lipinski definition) is 6. The van der Waals surface area contributed by atoms with E-state index in [1.165, 1.54) is 0 Å². The Hall–Kier alpha value is 0.140. The lowest BCUT2D eigenvalue weighted by Gasteiger charge is -2.06. The summed E-state index contributed by atoms with van der Waals surface area (Å²) in [5.41, 5.74) is 0. The lowest BCUT2D eigenvalue weighted by Crippen LogP contribution is -2.01. The molecule has 0 bridgehead atoms. The van der Waals surface area contributed by atoms with Crippen LogP contribution in [0.5, 0.6) is 0 Å². The van der Waals surface area contributed by atoms with Crippen molar-refractivity contribution in [2.45, 2.75) is 12.8 Å². The highest BCUT2D eigenvalue weighted by Gasteiger charge is 1.90. The first kappa shape index (κ1) is 12.1. The maximum Gasteiger partial charge on any atom is 0.0842 e. The fourth-order valence-corrected chi connectivity index (χ4v) is 0.966. The van der Waals surface area contributed by atoms with Crippen molar-refractivity contribution < 1.29 is 25.9 Å². The Balaban J connectivity index is 3.01. The fraction of sp³-hybridized carbons (Fsp3) is 1.00. The van der Waals surface area contributed by atoms with Crippen LogP contribution in [0, 0.1) is 0 Å². The third kappa shape index (κ3) is 10.1. The molecule has 0 amide bonds. The summed E-state index contributed by atoms with van der Waals surface area (Å²) in [7, 11) is 0. The monoisotopic (exact) mass is 216 g/mol. The number of hydrogen-bond donors (Lipinski definition) is 0. The second kappa shape index (κ2) is 7.77. The summed E-state index contributed by atoms with van der Waals surface area (Å²) in [5.74, 6) is 0. The molecule has 6 nitrogen and oxygen atoms in total. The molecule has 12 heavy (non-hydrogen) atoms. The SMILES string of the molecule is O=S([O-])OCCCCOS(=O)[O-]. The molecule has 0 saturated carbocycles. The highest BCUT2D eigenvalue weighted by atomic mass is 32.2. The fourth-order valence-electron chi connectivity index (χ4n) is 0.458. The largest absolute Gasteiger partial charge is 0.750 e. The predicted octanol–water partition coefficient (Wildman–Crippen LogP) is -0.612. The summed E-state index contributed by atoms with van der Waals surface area (Å²) >= 11 is -4.98. The molecule has 0 N–H and O–H groups in total. The second-order valence-electron chi connectivity index (χ2n) is 1.76. The quantitative estimate of drug-likeness (QED) is 0.415. The Kier molecular flexibility index (Phi) is 7.86. The van der Waals surface area contributed by atoms with Crippen LogP contribution in [-0.2, 0) is 31.1 Å². The first-order valence-electron chi connectivity index (χ1n) is 3.08. The summed E-state index contributed by atoms with van der Waals surface area (Å²) in [6.45, 7) is 0.0932. The van der Waals surface area contributed by atoms with Crippen LogP contribution in [0.15, 0.2) is 0 Å². The summed E-state index contributed by atoms with van der Waals surface area (Å²) in [5, 5.41) is 0. The van der Waals surface area contributed by atoms with Gasteiger partial charge in [-0.05, 0) is 12.8 Å². The van der Waals surface area contributed by atoms with Crippen molar-refractivity contribution in [2.24, 2.45) is 0 Å². The third-order valence-corrected chi connectivity index (χ3v) is 1.62. The molecular formula is C4H8O6S2-2. The lowest BCUT2D eigenvalue weighted by molar-refractivity contribution is 0.258. The molecule has 0 heterocycles. The maximum absolute atomic E-state index is 9.79. The Labute approximate surface area is 75.2 Å². The first-order valence-corrected chi connectivity index (χ1v) is 5.08. The highest BCUT2D eigenvalue weighted by Crippen LogP contribution is 1.93. The normalized spacial score (nSPS) is 15.8. The molecule has 0 aliphatic carbocycles. The van der Waals surface area contributed by atoms with Gasteiger partial charge in [0.1, 0.15) is 0 Å². The molecule has 0 radical (unpaired) electrons. The van der Waals surface area contributed by atoms with E-state index in [0.29, 0.717) is 12.8 Å². The van der Waals surface area contributed by atoms with Crippen LogP contribution in [0.1, 0.15) is 12.8 Å². The molecule has 0 spiro atoms. The van der Waals surface area contributed by atoms with Gasteiger partial charge in [0.2, 0.25) is 0 Å². The van der Waals surface area contributed by atoms with Crippen LogP contribution in [-0.4, -0.2) is 30.7 Å². The number of rotatable bonds is 7. The van der Waals surface area contributed by atoms with E-state index in [0.717, 1.165) is 0 Å². The van der Waals surface area contributed by atoms with E-state index < -0.39 is 22.7 Å². The van der Waals surface area contributed by atoms with Crippen molar-refractivity contribution in [2.75, 3.05) is 13.2 Å².